The molecule has 0 saturated carbocycles. The van der Waals surface area contributed by atoms with Gasteiger partial charge in [-0.25, -0.2) is 9.97 Å². The molecule has 2 heterocycles. The summed E-state index contributed by atoms with van der Waals surface area (Å²) in [5.41, 5.74) is 2.33. The van der Waals surface area contributed by atoms with E-state index in [1.54, 1.807) is 0 Å². The van der Waals surface area contributed by atoms with Crippen molar-refractivity contribution in [1.82, 2.24) is 14.9 Å². The first-order chi connectivity index (χ1) is 6.25. The minimum atomic E-state index is 0.364. The number of rotatable bonds is 0. The third-order valence-electron chi connectivity index (χ3n) is 2.32. The van der Waals surface area contributed by atoms with Crippen molar-refractivity contribution in [3.05, 3.63) is 22.7 Å². The summed E-state index contributed by atoms with van der Waals surface area (Å²) >= 11 is 5.73. The molecular weight excluding hydrogens is 186 g/mol. The third kappa shape index (κ3) is 1.98. The molecule has 0 aromatic carbocycles. The minimum absolute atomic E-state index is 0.364. The summed E-state index contributed by atoms with van der Waals surface area (Å²) in [5.74, 6) is 0. The van der Waals surface area contributed by atoms with Crippen molar-refractivity contribution in [2.45, 2.75) is 19.4 Å². The highest BCUT2D eigenvalue weighted by molar-refractivity contribution is 6.28. The summed E-state index contributed by atoms with van der Waals surface area (Å²) in [5, 5.41) is 0.364. The molecule has 2 rings (SSSR count). The monoisotopic (exact) mass is 197 g/mol. The van der Waals surface area contributed by atoms with Crippen LogP contribution in [0.25, 0.3) is 0 Å². The van der Waals surface area contributed by atoms with Gasteiger partial charge in [-0.05, 0) is 38.0 Å². The zero-order valence-electron chi connectivity index (χ0n) is 7.63. The average Bonchev–Trinajstić information content (AvgIpc) is 2.25. The molecule has 0 amide bonds. The van der Waals surface area contributed by atoms with E-state index in [9.17, 15) is 0 Å². The summed E-state index contributed by atoms with van der Waals surface area (Å²) in [6.45, 7) is 2.06. The SMILES string of the molecule is CN1CCCc2nc(Cl)ncc2C1. The smallest absolute Gasteiger partial charge is 0.222 e. The summed E-state index contributed by atoms with van der Waals surface area (Å²) in [6.07, 6.45) is 4.01. The highest BCUT2D eigenvalue weighted by Gasteiger charge is 2.12. The van der Waals surface area contributed by atoms with Crippen LogP contribution >= 0.6 is 11.6 Å². The Morgan fingerprint density at radius 2 is 2.38 bits per heavy atom. The van der Waals surface area contributed by atoms with Gasteiger partial charge in [-0.1, -0.05) is 0 Å². The molecule has 3 nitrogen and oxygen atoms in total. The van der Waals surface area contributed by atoms with E-state index in [2.05, 4.69) is 21.9 Å². The second-order valence-corrected chi connectivity index (χ2v) is 3.79. The molecule has 0 atom stereocenters. The highest BCUT2D eigenvalue weighted by Crippen LogP contribution is 2.16. The molecule has 1 aliphatic rings. The van der Waals surface area contributed by atoms with Gasteiger partial charge in [0.2, 0.25) is 5.28 Å². The quantitative estimate of drug-likeness (QED) is 0.591. The predicted molar refractivity (Wildman–Crippen MR) is 51.7 cm³/mol. The Hall–Kier alpha value is -0.670. The number of fused-ring (bicyclic) bond motifs is 1. The summed E-state index contributed by atoms with van der Waals surface area (Å²) in [4.78, 5) is 10.5. The Balaban J connectivity index is 2.34. The molecule has 0 saturated heterocycles. The van der Waals surface area contributed by atoms with Crippen molar-refractivity contribution in [2.75, 3.05) is 13.6 Å². The van der Waals surface area contributed by atoms with E-state index in [0.717, 1.165) is 31.6 Å². The van der Waals surface area contributed by atoms with Crippen LogP contribution in [0.1, 0.15) is 17.7 Å². The predicted octanol–water partition coefficient (Wildman–Crippen LogP) is 1.51. The van der Waals surface area contributed by atoms with E-state index < -0.39 is 0 Å². The normalized spacial score (nSPS) is 18.0. The number of hydrogen-bond acceptors (Lipinski definition) is 3. The van der Waals surface area contributed by atoms with Crippen LogP contribution in [0.4, 0.5) is 0 Å². The van der Waals surface area contributed by atoms with Crippen molar-refractivity contribution < 1.29 is 0 Å². The fraction of sp³-hybridized carbons (Fsp3) is 0.556. The lowest BCUT2D eigenvalue weighted by Gasteiger charge is -2.12. The number of aromatic nitrogens is 2. The summed E-state index contributed by atoms with van der Waals surface area (Å²) in [7, 11) is 2.11. The van der Waals surface area contributed by atoms with Crippen LogP contribution in [-0.4, -0.2) is 28.5 Å². The van der Waals surface area contributed by atoms with Gasteiger partial charge in [0.25, 0.3) is 0 Å². The molecule has 70 valence electrons. The molecule has 1 aromatic rings. The second-order valence-electron chi connectivity index (χ2n) is 3.45. The molecule has 0 N–H and O–H groups in total. The van der Waals surface area contributed by atoms with E-state index in [-0.39, 0.29) is 0 Å². The Labute approximate surface area is 82.8 Å². The fourth-order valence-corrected chi connectivity index (χ4v) is 1.80. The number of halogens is 1. The van der Waals surface area contributed by atoms with Gasteiger partial charge in [0, 0.05) is 24.0 Å². The van der Waals surface area contributed by atoms with Crippen LogP contribution in [0.2, 0.25) is 5.28 Å². The molecule has 13 heavy (non-hydrogen) atoms. The van der Waals surface area contributed by atoms with Crippen molar-refractivity contribution in [2.24, 2.45) is 0 Å². The first kappa shape index (κ1) is 8.91. The van der Waals surface area contributed by atoms with Gasteiger partial charge in [0.1, 0.15) is 0 Å². The standard InChI is InChI=1S/C9H12ClN3/c1-13-4-2-3-8-7(6-13)5-11-9(10)12-8/h5H,2-4,6H2,1H3. The molecule has 0 spiro atoms. The van der Waals surface area contributed by atoms with Crippen LogP contribution < -0.4 is 0 Å². The number of nitrogens with zero attached hydrogens (tertiary/aromatic N) is 3. The maximum atomic E-state index is 5.73. The van der Waals surface area contributed by atoms with Gasteiger partial charge in [0.05, 0.1) is 0 Å². The van der Waals surface area contributed by atoms with Crippen LogP contribution in [0.3, 0.4) is 0 Å². The number of hydrogen-bond donors (Lipinski definition) is 0. The molecule has 0 radical (unpaired) electrons. The molecule has 0 aliphatic carbocycles. The van der Waals surface area contributed by atoms with E-state index in [0.29, 0.717) is 5.28 Å². The average molecular weight is 198 g/mol. The minimum Gasteiger partial charge on any atom is -0.302 e. The maximum absolute atomic E-state index is 5.73. The van der Waals surface area contributed by atoms with Crippen molar-refractivity contribution in [3.63, 3.8) is 0 Å². The third-order valence-corrected chi connectivity index (χ3v) is 2.50. The van der Waals surface area contributed by atoms with Crippen LogP contribution in [0.5, 0.6) is 0 Å². The van der Waals surface area contributed by atoms with E-state index in [4.69, 9.17) is 11.6 Å². The lowest BCUT2D eigenvalue weighted by molar-refractivity contribution is 0.332. The van der Waals surface area contributed by atoms with Crippen LogP contribution in [0.15, 0.2) is 6.20 Å². The molecule has 0 bridgehead atoms. The molecule has 0 unspecified atom stereocenters. The van der Waals surface area contributed by atoms with E-state index >= 15 is 0 Å². The molecule has 1 aliphatic heterocycles. The fourth-order valence-electron chi connectivity index (χ4n) is 1.65. The van der Waals surface area contributed by atoms with Gasteiger partial charge in [-0.3, -0.25) is 0 Å². The van der Waals surface area contributed by atoms with Gasteiger partial charge in [0.15, 0.2) is 0 Å². The van der Waals surface area contributed by atoms with Crippen molar-refractivity contribution >= 4 is 11.6 Å². The van der Waals surface area contributed by atoms with Gasteiger partial charge in [-0.2, -0.15) is 0 Å². The number of aryl methyl sites for hydroxylation is 1. The van der Waals surface area contributed by atoms with Gasteiger partial charge < -0.3 is 4.90 Å². The summed E-state index contributed by atoms with van der Waals surface area (Å²) < 4.78 is 0. The Kier molecular flexibility index (Phi) is 2.47. The molecular formula is C9H12ClN3. The second kappa shape index (κ2) is 3.60. The lowest BCUT2D eigenvalue weighted by atomic mass is 10.2. The van der Waals surface area contributed by atoms with Crippen molar-refractivity contribution in [1.29, 1.82) is 0 Å². The van der Waals surface area contributed by atoms with Gasteiger partial charge in [-0.15, -0.1) is 0 Å². The molecule has 4 heteroatoms. The van der Waals surface area contributed by atoms with Gasteiger partial charge >= 0.3 is 0 Å². The topological polar surface area (TPSA) is 29.0 Å². The van der Waals surface area contributed by atoms with E-state index in [1.807, 2.05) is 6.20 Å². The van der Waals surface area contributed by atoms with E-state index in [1.165, 1.54) is 5.56 Å². The zero-order valence-corrected chi connectivity index (χ0v) is 8.38. The van der Waals surface area contributed by atoms with Crippen LogP contribution in [0, 0.1) is 0 Å². The Bertz CT molecular complexity index is 314. The first-order valence-electron chi connectivity index (χ1n) is 4.44. The first-order valence-corrected chi connectivity index (χ1v) is 4.82. The summed E-state index contributed by atoms with van der Waals surface area (Å²) in [6, 6.07) is 0. The Morgan fingerprint density at radius 1 is 1.54 bits per heavy atom. The lowest BCUT2D eigenvalue weighted by Crippen LogP contribution is -2.17. The maximum Gasteiger partial charge on any atom is 0.222 e. The van der Waals surface area contributed by atoms with Crippen LogP contribution in [-0.2, 0) is 13.0 Å². The zero-order chi connectivity index (χ0) is 9.26. The van der Waals surface area contributed by atoms with Crippen molar-refractivity contribution in [3.8, 4) is 0 Å². The highest BCUT2D eigenvalue weighted by atomic mass is 35.5. The Morgan fingerprint density at radius 3 is 3.23 bits per heavy atom. The molecule has 1 aromatic heterocycles. The largest absolute Gasteiger partial charge is 0.302 e. The molecule has 0 fully saturated rings.